The molecule has 0 aromatic carbocycles. The first-order chi connectivity index (χ1) is 6.72. The van der Waals surface area contributed by atoms with Crippen LogP contribution in [0.15, 0.2) is 12.8 Å². The molecule has 0 aromatic heterocycles. The fourth-order valence-electron chi connectivity index (χ4n) is 1.69. The second-order valence-electron chi connectivity index (χ2n) is 3.44. The van der Waals surface area contributed by atoms with Crippen molar-refractivity contribution in [2.24, 2.45) is 0 Å². The Balaban J connectivity index is 2.56. The van der Waals surface area contributed by atoms with E-state index in [0.29, 0.717) is 0 Å². The van der Waals surface area contributed by atoms with Crippen molar-refractivity contribution in [1.82, 2.24) is 5.32 Å². The van der Waals surface area contributed by atoms with Crippen LogP contribution in [-0.4, -0.2) is 11.7 Å². The largest absolute Gasteiger partial charge is 0.429 e. The van der Waals surface area contributed by atoms with Crippen molar-refractivity contribution in [3.05, 3.63) is 12.8 Å². The molecule has 0 radical (unpaired) electrons. The summed E-state index contributed by atoms with van der Waals surface area (Å²) in [6, 6.07) is 0. The number of terminal acetylenes is 1. The maximum atomic E-state index is 11.2. The maximum absolute atomic E-state index is 11.2. The van der Waals surface area contributed by atoms with Crippen molar-refractivity contribution >= 4 is 6.09 Å². The lowest BCUT2D eigenvalue weighted by molar-refractivity contribution is 0.0296. The van der Waals surface area contributed by atoms with Gasteiger partial charge in [0.05, 0.1) is 0 Å². The molecule has 0 heterocycles. The molecule has 1 fully saturated rings. The van der Waals surface area contributed by atoms with Gasteiger partial charge in [-0.2, -0.15) is 0 Å². The number of carbonyl (C=O) groups is 1. The lowest BCUT2D eigenvalue weighted by Crippen LogP contribution is -2.38. The van der Waals surface area contributed by atoms with E-state index in [2.05, 4.69) is 17.8 Å². The minimum atomic E-state index is -0.689. The predicted octanol–water partition coefficient (Wildman–Crippen LogP) is 2.19. The Bertz CT molecular complexity index is 259. The Labute approximate surface area is 84.5 Å². The van der Waals surface area contributed by atoms with Crippen molar-refractivity contribution in [2.45, 2.75) is 37.7 Å². The third-order valence-electron chi connectivity index (χ3n) is 2.43. The van der Waals surface area contributed by atoms with Gasteiger partial charge >= 0.3 is 6.09 Å². The third-order valence-corrected chi connectivity index (χ3v) is 2.43. The summed E-state index contributed by atoms with van der Waals surface area (Å²) >= 11 is 0. The number of amides is 1. The van der Waals surface area contributed by atoms with E-state index < -0.39 is 11.7 Å². The molecule has 1 rings (SSSR count). The molecule has 0 spiro atoms. The molecule has 3 heteroatoms. The van der Waals surface area contributed by atoms with Crippen LogP contribution in [0.1, 0.15) is 32.1 Å². The average Bonchev–Trinajstić information content (AvgIpc) is 2.19. The van der Waals surface area contributed by atoms with Crippen LogP contribution in [0.5, 0.6) is 0 Å². The van der Waals surface area contributed by atoms with Crippen molar-refractivity contribution < 1.29 is 9.53 Å². The summed E-state index contributed by atoms with van der Waals surface area (Å²) in [6.45, 7) is 3.38. The van der Waals surface area contributed by atoms with E-state index in [1.165, 1.54) is 6.20 Å². The van der Waals surface area contributed by atoms with Gasteiger partial charge < -0.3 is 4.74 Å². The molecule has 0 aliphatic heterocycles. The summed E-state index contributed by atoms with van der Waals surface area (Å²) in [5.41, 5.74) is -0.689. The average molecular weight is 193 g/mol. The number of alkyl carbamates (subject to hydrolysis) is 1. The van der Waals surface area contributed by atoms with Crippen LogP contribution in [0.25, 0.3) is 0 Å². The van der Waals surface area contributed by atoms with E-state index >= 15 is 0 Å². The van der Waals surface area contributed by atoms with Gasteiger partial charge in [-0.25, -0.2) is 4.79 Å². The number of hydrogen-bond donors (Lipinski definition) is 1. The molecule has 1 N–H and O–H groups in total. The quantitative estimate of drug-likeness (QED) is 0.683. The Morgan fingerprint density at radius 1 is 1.50 bits per heavy atom. The molecule has 0 aromatic rings. The zero-order valence-corrected chi connectivity index (χ0v) is 8.21. The molecular formula is C11H15NO2. The van der Waals surface area contributed by atoms with Gasteiger partial charge in [0.15, 0.2) is 5.60 Å². The normalized spacial score (nSPS) is 19.1. The lowest BCUT2D eigenvalue weighted by atomic mass is 9.85. The van der Waals surface area contributed by atoms with Crippen LogP contribution in [0.4, 0.5) is 4.79 Å². The van der Waals surface area contributed by atoms with Gasteiger partial charge in [-0.05, 0) is 31.9 Å². The summed E-state index contributed by atoms with van der Waals surface area (Å²) in [4.78, 5) is 11.2. The van der Waals surface area contributed by atoms with Crippen LogP contribution in [-0.2, 0) is 4.74 Å². The molecule has 0 atom stereocenters. The third kappa shape index (κ3) is 2.53. The first-order valence-corrected chi connectivity index (χ1v) is 4.81. The van der Waals surface area contributed by atoms with Crippen LogP contribution < -0.4 is 5.32 Å². The molecule has 14 heavy (non-hydrogen) atoms. The topological polar surface area (TPSA) is 38.3 Å². The molecule has 0 bridgehead atoms. The highest BCUT2D eigenvalue weighted by molar-refractivity contribution is 5.69. The number of rotatable bonds is 2. The minimum Gasteiger partial charge on any atom is -0.429 e. The highest BCUT2D eigenvalue weighted by Crippen LogP contribution is 2.30. The molecule has 0 unspecified atom stereocenters. The van der Waals surface area contributed by atoms with Gasteiger partial charge in [0.2, 0.25) is 0 Å². The van der Waals surface area contributed by atoms with Gasteiger partial charge in [0.1, 0.15) is 0 Å². The fourth-order valence-corrected chi connectivity index (χ4v) is 1.69. The highest BCUT2D eigenvalue weighted by atomic mass is 16.6. The number of nitrogens with one attached hydrogen (secondary N) is 1. The summed E-state index contributed by atoms with van der Waals surface area (Å²) in [7, 11) is 0. The monoisotopic (exact) mass is 193 g/mol. The molecule has 1 aliphatic carbocycles. The molecule has 0 saturated heterocycles. The first kappa shape index (κ1) is 10.6. The van der Waals surface area contributed by atoms with Gasteiger partial charge in [0.25, 0.3) is 0 Å². The van der Waals surface area contributed by atoms with Gasteiger partial charge in [0, 0.05) is 0 Å². The van der Waals surface area contributed by atoms with Crippen molar-refractivity contribution in [1.29, 1.82) is 0 Å². The van der Waals surface area contributed by atoms with E-state index in [1.54, 1.807) is 0 Å². The highest BCUT2D eigenvalue weighted by Gasteiger charge is 2.33. The number of ether oxygens (including phenoxy) is 1. The second kappa shape index (κ2) is 4.71. The first-order valence-electron chi connectivity index (χ1n) is 4.81. The molecule has 1 amide bonds. The van der Waals surface area contributed by atoms with Crippen molar-refractivity contribution in [2.75, 3.05) is 0 Å². The van der Waals surface area contributed by atoms with E-state index in [4.69, 9.17) is 11.2 Å². The van der Waals surface area contributed by atoms with Crippen LogP contribution >= 0.6 is 0 Å². The van der Waals surface area contributed by atoms with Crippen LogP contribution in [0.2, 0.25) is 0 Å². The summed E-state index contributed by atoms with van der Waals surface area (Å²) in [5.74, 6) is 2.59. The number of hydrogen-bond acceptors (Lipinski definition) is 2. The molecule has 1 saturated carbocycles. The maximum Gasteiger partial charge on any atom is 0.412 e. The Morgan fingerprint density at radius 3 is 2.64 bits per heavy atom. The van der Waals surface area contributed by atoms with Gasteiger partial charge in [-0.1, -0.05) is 18.9 Å². The fraction of sp³-hybridized carbons (Fsp3) is 0.545. The van der Waals surface area contributed by atoms with Gasteiger partial charge in [-0.3, -0.25) is 5.32 Å². The second-order valence-corrected chi connectivity index (χ2v) is 3.44. The Kier molecular flexibility index (Phi) is 3.58. The van der Waals surface area contributed by atoms with E-state index in [9.17, 15) is 4.79 Å². The summed E-state index contributed by atoms with van der Waals surface area (Å²) in [5, 5.41) is 2.36. The zero-order chi connectivity index (χ0) is 10.4. The van der Waals surface area contributed by atoms with Crippen molar-refractivity contribution in [3.8, 4) is 12.3 Å². The van der Waals surface area contributed by atoms with Gasteiger partial charge in [-0.15, -0.1) is 6.42 Å². The van der Waals surface area contributed by atoms with E-state index in [1.807, 2.05) is 0 Å². The molecule has 1 aliphatic rings. The van der Waals surface area contributed by atoms with Crippen LogP contribution in [0.3, 0.4) is 0 Å². The summed E-state index contributed by atoms with van der Waals surface area (Å²) in [6.07, 6.45) is 10.9. The SMILES string of the molecule is C#CC1(OC(=O)NC=C)CCCCC1. The smallest absolute Gasteiger partial charge is 0.412 e. The minimum absolute atomic E-state index is 0.514. The predicted molar refractivity (Wildman–Crippen MR) is 54.5 cm³/mol. The molecular weight excluding hydrogens is 178 g/mol. The Hall–Kier alpha value is -1.43. The Morgan fingerprint density at radius 2 is 2.14 bits per heavy atom. The standard InChI is InChI=1S/C11H15NO2/c1-3-11(8-6-5-7-9-11)14-10(13)12-4-2/h1,4H,2,5-9H2,(H,12,13). The van der Waals surface area contributed by atoms with Crippen molar-refractivity contribution in [3.63, 3.8) is 0 Å². The van der Waals surface area contributed by atoms with E-state index in [-0.39, 0.29) is 0 Å². The molecule has 76 valence electrons. The van der Waals surface area contributed by atoms with E-state index in [0.717, 1.165) is 32.1 Å². The molecule has 3 nitrogen and oxygen atoms in total. The van der Waals surface area contributed by atoms with Crippen LogP contribution in [0, 0.1) is 12.3 Å². The zero-order valence-electron chi connectivity index (χ0n) is 8.21. The summed E-state index contributed by atoms with van der Waals surface area (Å²) < 4.78 is 5.21. The lowest BCUT2D eigenvalue weighted by Gasteiger charge is -2.31. The number of carbonyl (C=O) groups excluding carboxylic acids is 1.